The van der Waals surface area contributed by atoms with Gasteiger partial charge >= 0.3 is 12.1 Å². The zero-order valence-corrected chi connectivity index (χ0v) is 24.3. The maximum absolute atomic E-state index is 13.8. The zero-order chi connectivity index (χ0) is 30.7. The van der Waals surface area contributed by atoms with E-state index in [-0.39, 0.29) is 24.5 Å². The highest BCUT2D eigenvalue weighted by atomic mass is 32.1. The maximum atomic E-state index is 13.8. The molecule has 11 heteroatoms. The summed E-state index contributed by atoms with van der Waals surface area (Å²) < 4.78 is 57.7. The molecule has 1 unspecified atom stereocenters. The minimum atomic E-state index is -4.49. The summed E-state index contributed by atoms with van der Waals surface area (Å²) in [6.45, 7) is 3.55. The van der Waals surface area contributed by atoms with Crippen LogP contribution < -0.4 is 24.4 Å². The molecule has 7 nitrogen and oxygen atoms in total. The Morgan fingerprint density at radius 1 is 1.07 bits per heavy atom. The second-order valence-electron chi connectivity index (χ2n) is 9.60. The molecule has 0 aliphatic carbocycles. The molecule has 0 spiro atoms. The van der Waals surface area contributed by atoms with Gasteiger partial charge in [-0.1, -0.05) is 53.8 Å². The van der Waals surface area contributed by atoms with Crippen molar-refractivity contribution in [3.63, 3.8) is 0 Å². The molecule has 4 aromatic rings. The van der Waals surface area contributed by atoms with Crippen molar-refractivity contribution in [3.8, 4) is 11.5 Å². The number of methoxy groups -OCH3 is 1. The fourth-order valence-electron chi connectivity index (χ4n) is 4.82. The van der Waals surface area contributed by atoms with E-state index in [1.54, 1.807) is 38.1 Å². The number of esters is 1. The molecule has 0 bridgehead atoms. The second kappa shape index (κ2) is 12.3. The lowest BCUT2D eigenvalue weighted by Gasteiger charge is -2.24. The number of aromatic nitrogens is 1. The van der Waals surface area contributed by atoms with Crippen molar-refractivity contribution < 1.29 is 32.2 Å². The molecular weight excluding hydrogens is 581 g/mol. The van der Waals surface area contributed by atoms with Crippen molar-refractivity contribution in [1.82, 2.24) is 4.57 Å². The monoisotopic (exact) mass is 608 g/mol. The quantitative estimate of drug-likeness (QED) is 0.250. The molecule has 1 aromatic heterocycles. The van der Waals surface area contributed by atoms with E-state index in [4.69, 9.17) is 14.2 Å². The molecule has 1 atom stereocenters. The number of nitrogens with zero attached hydrogens (tertiary/aromatic N) is 2. The van der Waals surface area contributed by atoms with Gasteiger partial charge in [0.05, 0.1) is 41.1 Å². The molecule has 0 amide bonds. The lowest BCUT2D eigenvalue weighted by atomic mass is 9.96. The molecule has 0 N–H and O–H groups in total. The number of halogens is 3. The summed E-state index contributed by atoms with van der Waals surface area (Å²) >= 11 is 1.19. The summed E-state index contributed by atoms with van der Waals surface area (Å²) in [4.78, 5) is 31.9. The standard InChI is InChI=1S/C32H27F3N2O5S/c1-4-41-30(39)27-19(2)36-31-37(28(27)21-9-6-5-7-10-21)29(38)26(43-31)16-20-13-14-25(40-3)22(15-20)18-42-24-12-8-11-23(17-24)32(33,34)35/h5-17,28H,4,18H2,1-3H3. The van der Waals surface area contributed by atoms with Crippen LogP contribution in [0.1, 0.15) is 42.1 Å². The predicted octanol–water partition coefficient (Wildman–Crippen LogP) is 5.40. The van der Waals surface area contributed by atoms with E-state index >= 15 is 0 Å². The fraction of sp³-hybridized carbons (Fsp3) is 0.219. The van der Waals surface area contributed by atoms with Crippen molar-refractivity contribution in [3.05, 3.63) is 126 Å². The first-order chi connectivity index (χ1) is 20.6. The van der Waals surface area contributed by atoms with Crippen molar-refractivity contribution in [2.45, 2.75) is 32.7 Å². The summed E-state index contributed by atoms with van der Waals surface area (Å²) in [5, 5.41) is 0. The van der Waals surface area contributed by atoms with Crippen molar-refractivity contribution in [2.75, 3.05) is 13.7 Å². The Kier molecular flexibility index (Phi) is 8.54. The maximum Gasteiger partial charge on any atom is 0.416 e. The summed E-state index contributed by atoms with van der Waals surface area (Å²) in [5.41, 5.74) is 1.59. The van der Waals surface area contributed by atoms with E-state index in [1.165, 1.54) is 35.1 Å². The van der Waals surface area contributed by atoms with Crippen LogP contribution in [0.15, 0.2) is 93.9 Å². The van der Waals surface area contributed by atoms with Crippen molar-refractivity contribution >= 4 is 23.4 Å². The Hall–Kier alpha value is -4.64. The van der Waals surface area contributed by atoms with Crippen LogP contribution in [-0.4, -0.2) is 24.3 Å². The highest BCUT2D eigenvalue weighted by Gasteiger charge is 2.33. The SMILES string of the molecule is CCOC(=O)C1=C(C)N=c2sc(=Cc3ccc(OC)c(COc4cccc(C(F)(F)F)c4)c3)c(=O)n2C1c1ccccc1. The van der Waals surface area contributed by atoms with E-state index < -0.39 is 23.8 Å². The summed E-state index contributed by atoms with van der Waals surface area (Å²) in [7, 11) is 1.48. The number of hydrogen-bond acceptors (Lipinski definition) is 7. The molecule has 5 rings (SSSR count). The number of hydrogen-bond donors (Lipinski definition) is 0. The molecule has 1 aliphatic rings. The molecule has 0 saturated heterocycles. The van der Waals surface area contributed by atoms with Gasteiger partial charge in [-0.3, -0.25) is 9.36 Å². The first kappa shape index (κ1) is 29.8. The van der Waals surface area contributed by atoms with Gasteiger partial charge in [0.1, 0.15) is 18.1 Å². The van der Waals surface area contributed by atoms with E-state index in [0.717, 1.165) is 17.7 Å². The summed E-state index contributed by atoms with van der Waals surface area (Å²) in [6.07, 6.45) is -2.79. The Bertz CT molecular complexity index is 1880. The third-order valence-corrected chi connectivity index (χ3v) is 7.77. The Labute approximate surface area is 248 Å². The number of ether oxygens (including phenoxy) is 3. The number of rotatable bonds is 8. The predicted molar refractivity (Wildman–Crippen MR) is 156 cm³/mol. The molecule has 222 valence electrons. The summed E-state index contributed by atoms with van der Waals surface area (Å²) in [6, 6.07) is 18.3. The zero-order valence-electron chi connectivity index (χ0n) is 23.5. The van der Waals surface area contributed by atoms with Gasteiger partial charge in [-0.2, -0.15) is 13.2 Å². The summed E-state index contributed by atoms with van der Waals surface area (Å²) in [5.74, 6) is 0.00101. The number of carbonyl (C=O) groups is 1. The van der Waals surface area contributed by atoms with Crippen molar-refractivity contribution in [1.29, 1.82) is 0 Å². The topological polar surface area (TPSA) is 79.1 Å². The van der Waals surface area contributed by atoms with Gasteiger partial charge in [-0.15, -0.1) is 0 Å². The molecule has 2 heterocycles. The average Bonchev–Trinajstić information content (AvgIpc) is 3.29. The number of thiazole rings is 1. The van der Waals surface area contributed by atoms with E-state index in [9.17, 15) is 22.8 Å². The molecule has 3 aromatic carbocycles. The minimum Gasteiger partial charge on any atom is -0.496 e. The Balaban J connectivity index is 1.53. The molecule has 0 radical (unpaired) electrons. The third kappa shape index (κ3) is 6.26. The first-order valence-corrected chi connectivity index (χ1v) is 14.1. The van der Waals surface area contributed by atoms with Crippen LogP contribution in [0, 0.1) is 0 Å². The largest absolute Gasteiger partial charge is 0.496 e. The van der Waals surface area contributed by atoms with Crippen LogP contribution in [0.25, 0.3) is 6.08 Å². The normalized spacial score (nSPS) is 15.1. The molecule has 0 saturated carbocycles. The molecular formula is C32H27F3N2O5S. The highest BCUT2D eigenvalue weighted by molar-refractivity contribution is 7.07. The molecule has 0 fully saturated rings. The lowest BCUT2D eigenvalue weighted by molar-refractivity contribution is -0.139. The van der Waals surface area contributed by atoms with Crippen LogP contribution in [0.2, 0.25) is 0 Å². The van der Waals surface area contributed by atoms with Crippen LogP contribution >= 0.6 is 11.3 Å². The second-order valence-corrected chi connectivity index (χ2v) is 10.6. The van der Waals surface area contributed by atoms with Gasteiger partial charge in [0.2, 0.25) is 0 Å². The van der Waals surface area contributed by atoms with Gasteiger partial charge in [-0.25, -0.2) is 9.79 Å². The van der Waals surface area contributed by atoms with E-state index in [1.807, 2.05) is 30.3 Å². The van der Waals surface area contributed by atoms with Gasteiger partial charge in [0.15, 0.2) is 4.80 Å². The van der Waals surface area contributed by atoms with Crippen LogP contribution in [0.4, 0.5) is 13.2 Å². The van der Waals surface area contributed by atoms with Gasteiger partial charge in [0, 0.05) is 5.56 Å². The van der Waals surface area contributed by atoms with Crippen molar-refractivity contribution in [2.24, 2.45) is 4.99 Å². The van der Waals surface area contributed by atoms with E-state index in [2.05, 4.69) is 4.99 Å². The smallest absolute Gasteiger partial charge is 0.416 e. The number of alkyl halides is 3. The fourth-order valence-corrected chi connectivity index (χ4v) is 5.86. The lowest BCUT2D eigenvalue weighted by Crippen LogP contribution is -2.39. The van der Waals surface area contributed by atoms with Crippen LogP contribution in [0.3, 0.4) is 0 Å². The first-order valence-electron chi connectivity index (χ1n) is 13.3. The number of carbonyl (C=O) groups excluding carboxylic acids is 1. The van der Waals surface area contributed by atoms with Gasteiger partial charge < -0.3 is 14.2 Å². The Morgan fingerprint density at radius 2 is 1.84 bits per heavy atom. The average molecular weight is 609 g/mol. The van der Waals surface area contributed by atoms with Crippen LogP contribution in [0.5, 0.6) is 11.5 Å². The van der Waals surface area contributed by atoms with E-state index in [0.29, 0.717) is 37.5 Å². The minimum absolute atomic E-state index is 0.0595. The number of benzene rings is 3. The van der Waals surface area contributed by atoms with Crippen LogP contribution in [-0.2, 0) is 22.3 Å². The molecule has 43 heavy (non-hydrogen) atoms. The Morgan fingerprint density at radius 3 is 2.53 bits per heavy atom. The van der Waals surface area contributed by atoms with Gasteiger partial charge in [0.25, 0.3) is 5.56 Å². The highest BCUT2D eigenvalue weighted by Crippen LogP contribution is 2.32. The third-order valence-electron chi connectivity index (χ3n) is 6.79. The molecule has 1 aliphatic heterocycles. The van der Waals surface area contributed by atoms with Gasteiger partial charge in [-0.05, 0) is 61.4 Å². The number of allylic oxidation sites excluding steroid dienone is 1. The number of fused-ring (bicyclic) bond motifs is 1.